The van der Waals surface area contributed by atoms with Gasteiger partial charge in [0.05, 0.1) is 7.11 Å². The van der Waals surface area contributed by atoms with Crippen molar-refractivity contribution in [3.63, 3.8) is 0 Å². The van der Waals surface area contributed by atoms with Crippen molar-refractivity contribution in [3.8, 4) is 11.5 Å². The van der Waals surface area contributed by atoms with E-state index in [0.29, 0.717) is 24.5 Å². The highest BCUT2D eigenvalue weighted by molar-refractivity contribution is 5.83. The maximum atomic E-state index is 11.9. The number of carbonyl (C=O) groups excluding carboxylic acids is 2. The highest BCUT2D eigenvalue weighted by Crippen LogP contribution is 2.28. The molecule has 7 nitrogen and oxygen atoms in total. The van der Waals surface area contributed by atoms with Crippen molar-refractivity contribution < 1.29 is 23.8 Å². The molecule has 0 spiro atoms. The average molecular weight is 422 g/mol. The van der Waals surface area contributed by atoms with Crippen LogP contribution in [0.4, 0.5) is 0 Å². The Balaban J connectivity index is 1.39. The van der Waals surface area contributed by atoms with Crippen molar-refractivity contribution in [3.05, 3.63) is 65.9 Å². The summed E-state index contributed by atoms with van der Waals surface area (Å²) < 4.78 is 15.7. The monoisotopic (exact) mass is 422 g/mol. The van der Waals surface area contributed by atoms with Gasteiger partial charge in [-0.3, -0.25) is 4.79 Å². The van der Waals surface area contributed by atoms with Gasteiger partial charge in [0.1, 0.15) is 0 Å². The first-order valence-corrected chi connectivity index (χ1v) is 10.0. The van der Waals surface area contributed by atoms with Crippen LogP contribution >= 0.6 is 0 Å². The Hall–Kier alpha value is -3.74. The minimum absolute atomic E-state index is 0.318. The van der Waals surface area contributed by atoms with Gasteiger partial charge in [0.25, 0.3) is 5.91 Å². The van der Waals surface area contributed by atoms with Gasteiger partial charge in [-0.25, -0.2) is 4.79 Å². The summed E-state index contributed by atoms with van der Waals surface area (Å²) in [7, 11) is 1.53. The van der Waals surface area contributed by atoms with Crippen molar-refractivity contribution in [2.24, 2.45) is 0 Å². The SMILES string of the molecule is C/C=C/c1ccc(OCC(=O)OCC(=O)NCCc2c[nH]c3ccccc23)c(OC)c1. The van der Waals surface area contributed by atoms with Crippen molar-refractivity contribution in [2.45, 2.75) is 13.3 Å². The number of para-hydroxylation sites is 1. The zero-order chi connectivity index (χ0) is 22.1. The first-order valence-electron chi connectivity index (χ1n) is 10.0. The Morgan fingerprint density at radius 3 is 2.74 bits per heavy atom. The van der Waals surface area contributed by atoms with Crippen LogP contribution in [0.15, 0.2) is 54.7 Å². The molecule has 0 atom stereocenters. The molecule has 162 valence electrons. The smallest absolute Gasteiger partial charge is 0.344 e. The van der Waals surface area contributed by atoms with Crippen LogP contribution in [-0.4, -0.2) is 43.7 Å². The van der Waals surface area contributed by atoms with Gasteiger partial charge in [-0.15, -0.1) is 0 Å². The number of benzene rings is 2. The summed E-state index contributed by atoms with van der Waals surface area (Å²) in [5.41, 5.74) is 3.14. The lowest BCUT2D eigenvalue weighted by Gasteiger charge is -2.11. The van der Waals surface area contributed by atoms with E-state index in [4.69, 9.17) is 14.2 Å². The number of nitrogens with one attached hydrogen (secondary N) is 2. The Labute approximate surface area is 181 Å². The lowest BCUT2D eigenvalue weighted by molar-refractivity contribution is -0.150. The predicted molar refractivity (Wildman–Crippen MR) is 119 cm³/mol. The molecule has 1 aromatic heterocycles. The molecule has 0 radical (unpaired) electrons. The van der Waals surface area contributed by atoms with Crippen LogP contribution in [0.1, 0.15) is 18.1 Å². The number of amides is 1. The van der Waals surface area contributed by atoms with Gasteiger partial charge in [-0.05, 0) is 42.7 Å². The topological polar surface area (TPSA) is 89.6 Å². The third-order valence-corrected chi connectivity index (χ3v) is 4.65. The minimum Gasteiger partial charge on any atom is -0.493 e. The molecule has 3 rings (SSSR count). The summed E-state index contributed by atoms with van der Waals surface area (Å²) >= 11 is 0. The van der Waals surface area contributed by atoms with Crippen LogP contribution in [0.2, 0.25) is 0 Å². The van der Waals surface area contributed by atoms with Gasteiger partial charge in [0.2, 0.25) is 0 Å². The molecule has 0 unspecified atom stereocenters. The first kappa shape index (κ1) is 22.0. The van der Waals surface area contributed by atoms with Crippen molar-refractivity contribution in [1.29, 1.82) is 0 Å². The van der Waals surface area contributed by atoms with E-state index in [1.165, 1.54) is 7.11 Å². The van der Waals surface area contributed by atoms with Crippen molar-refractivity contribution in [1.82, 2.24) is 10.3 Å². The number of carbonyl (C=O) groups is 2. The minimum atomic E-state index is -0.633. The summed E-state index contributed by atoms with van der Waals surface area (Å²) in [6.45, 7) is 1.70. The summed E-state index contributed by atoms with van der Waals surface area (Å²) in [5, 5.41) is 3.89. The van der Waals surface area contributed by atoms with Crippen molar-refractivity contribution in [2.75, 3.05) is 26.9 Å². The molecule has 0 aliphatic heterocycles. The zero-order valence-electron chi connectivity index (χ0n) is 17.6. The molecule has 0 aliphatic carbocycles. The highest BCUT2D eigenvalue weighted by Gasteiger charge is 2.11. The third kappa shape index (κ3) is 6.12. The van der Waals surface area contributed by atoms with Crippen LogP contribution in [0.5, 0.6) is 11.5 Å². The van der Waals surface area contributed by atoms with E-state index in [0.717, 1.165) is 22.0 Å². The molecular weight excluding hydrogens is 396 g/mol. The van der Waals surface area contributed by atoms with Crippen LogP contribution in [0.25, 0.3) is 17.0 Å². The average Bonchev–Trinajstić information content (AvgIpc) is 3.20. The standard InChI is InChI=1S/C24H26N2O5/c1-3-6-17-9-10-21(22(13-17)29-2)30-16-24(28)31-15-23(27)25-12-11-18-14-26-20-8-5-4-7-19(18)20/h3-10,13-14,26H,11-12,15-16H2,1-2H3,(H,25,27)/b6-3+. The molecule has 2 N–H and O–H groups in total. The van der Waals surface area contributed by atoms with E-state index in [1.54, 1.807) is 6.07 Å². The summed E-state index contributed by atoms with van der Waals surface area (Å²) in [4.78, 5) is 27.1. The number of esters is 1. The van der Waals surface area contributed by atoms with Gasteiger partial charge in [-0.2, -0.15) is 0 Å². The molecule has 3 aromatic rings. The van der Waals surface area contributed by atoms with Gasteiger partial charge < -0.3 is 24.5 Å². The molecule has 0 aliphatic rings. The number of aromatic amines is 1. The summed E-state index contributed by atoms with van der Waals surface area (Å²) in [5.74, 6) is -0.0536. The molecule has 31 heavy (non-hydrogen) atoms. The van der Waals surface area contributed by atoms with E-state index in [1.807, 2.05) is 61.7 Å². The van der Waals surface area contributed by atoms with E-state index < -0.39 is 5.97 Å². The molecule has 1 heterocycles. The third-order valence-electron chi connectivity index (χ3n) is 4.65. The molecular formula is C24H26N2O5. The Bertz CT molecular complexity index is 1070. The van der Waals surface area contributed by atoms with Gasteiger partial charge in [0, 0.05) is 23.6 Å². The number of hydrogen-bond donors (Lipinski definition) is 2. The number of fused-ring (bicyclic) bond motifs is 1. The number of allylic oxidation sites excluding steroid dienone is 1. The fourth-order valence-corrected chi connectivity index (χ4v) is 3.15. The first-order chi connectivity index (χ1) is 15.1. The van der Waals surface area contributed by atoms with Crippen LogP contribution < -0.4 is 14.8 Å². The molecule has 7 heteroatoms. The quantitative estimate of drug-likeness (QED) is 0.488. The van der Waals surface area contributed by atoms with Crippen LogP contribution in [-0.2, 0) is 20.7 Å². The van der Waals surface area contributed by atoms with E-state index in [2.05, 4.69) is 10.3 Å². The number of aromatic nitrogens is 1. The van der Waals surface area contributed by atoms with Crippen LogP contribution in [0.3, 0.4) is 0 Å². The Morgan fingerprint density at radius 1 is 1.10 bits per heavy atom. The highest BCUT2D eigenvalue weighted by atomic mass is 16.6. The second-order valence-electron chi connectivity index (χ2n) is 6.82. The number of hydrogen-bond acceptors (Lipinski definition) is 5. The second kappa shape index (κ2) is 10.9. The van der Waals surface area contributed by atoms with E-state index in [9.17, 15) is 9.59 Å². The van der Waals surface area contributed by atoms with Gasteiger partial charge >= 0.3 is 5.97 Å². The van der Waals surface area contributed by atoms with E-state index in [-0.39, 0.29) is 19.1 Å². The molecule has 1 amide bonds. The number of rotatable bonds is 10. The molecule has 2 aromatic carbocycles. The lowest BCUT2D eigenvalue weighted by atomic mass is 10.1. The summed E-state index contributed by atoms with van der Waals surface area (Å²) in [6, 6.07) is 13.4. The normalized spacial score (nSPS) is 10.9. The number of H-pyrrole nitrogens is 1. The molecule has 0 saturated heterocycles. The fourth-order valence-electron chi connectivity index (χ4n) is 3.15. The molecule has 0 bridgehead atoms. The summed E-state index contributed by atoms with van der Waals surface area (Å²) in [6.07, 6.45) is 6.46. The number of methoxy groups -OCH3 is 1. The largest absolute Gasteiger partial charge is 0.493 e. The van der Waals surface area contributed by atoms with Crippen molar-refractivity contribution >= 4 is 28.9 Å². The fraction of sp³-hybridized carbons (Fsp3) is 0.250. The Morgan fingerprint density at radius 2 is 1.94 bits per heavy atom. The molecule has 0 fully saturated rings. The van der Waals surface area contributed by atoms with Gasteiger partial charge in [-0.1, -0.05) is 36.4 Å². The lowest BCUT2D eigenvalue weighted by Crippen LogP contribution is -2.31. The van der Waals surface area contributed by atoms with Gasteiger partial charge in [0.15, 0.2) is 24.7 Å². The Kier molecular flexibility index (Phi) is 7.70. The predicted octanol–water partition coefficient (Wildman–Crippen LogP) is 3.49. The number of ether oxygens (including phenoxy) is 3. The molecule has 0 saturated carbocycles. The second-order valence-corrected chi connectivity index (χ2v) is 6.82. The zero-order valence-corrected chi connectivity index (χ0v) is 17.6. The maximum Gasteiger partial charge on any atom is 0.344 e. The maximum absolute atomic E-state index is 11.9. The van der Waals surface area contributed by atoms with Crippen LogP contribution in [0, 0.1) is 0 Å². The van der Waals surface area contributed by atoms with E-state index >= 15 is 0 Å².